The molecule has 0 saturated carbocycles. The molecule has 1 aromatic heterocycles. The summed E-state index contributed by atoms with van der Waals surface area (Å²) in [6, 6.07) is 25.8. The fourth-order valence-corrected chi connectivity index (χ4v) is 3.19. The molecule has 0 N–H and O–H groups in total. The fourth-order valence-electron chi connectivity index (χ4n) is 3.19. The number of ether oxygens (including phenoxy) is 1. The second kappa shape index (κ2) is 8.34. The Balaban J connectivity index is 0.00000210. The molecule has 4 rings (SSSR count). The average Bonchev–Trinajstić information content (AvgIpc) is 3.18. The molecule has 0 atom stereocenters. The Labute approximate surface area is 173 Å². The van der Waals surface area contributed by atoms with Gasteiger partial charge in [0.1, 0.15) is 0 Å². The van der Waals surface area contributed by atoms with Crippen molar-refractivity contribution in [1.29, 1.82) is 0 Å². The van der Waals surface area contributed by atoms with E-state index >= 15 is 0 Å². The summed E-state index contributed by atoms with van der Waals surface area (Å²) in [5.41, 5.74) is 5.62. The standard InChI is InChI=1S/C23H19N2O.Ir/c1-17-7-6-10-21(18-8-4-3-5-9-18)22(17)25-16-15-24-23(25)19-11-13-20(26-2)14-12-19;/h3-11,13-16H,1-2H3;/q-1;. The summed E-state index contributed by atoms with van der Waals surface area (Å²) in [5.74, 6) is 1.65. The number of benzene rings is 3. The second-order valence-corrected chi connectivity index (χ2v) is 6.10. The minimum Gasteiger partial charge on any atom is -0.540 e. The molecule has 0 fully saturated rings. The second-order valence-electron chi connectivity index (χ2n) is 6.10. The van der Waals surface area contributed by atoms with Gasteiger partial charge in [-0.25, -0.2) is 0 Å². The van der Waals surface area contributed by atoms with Gasteiger partial charge in [0.15, 0.2) is 0 Å². The first-order chi connectivity index (χ1) is 12.8. The summed E-state index contributed by atoms with van der Waals surface area (Å²) < 4.78 is 7.37. The molecular formula is C23H19IrN2O-. The molecule has 137 valence electrons. The molecule has 27 heavy (non-hydrogen) atoms. The van der Waals surface area contributed by atoms with E-state index in [9.17, 15) is 0 Å². The van der Waals surface area contributed by atoms with Crippen molar-refractivity contribution in [3.8, 4) is 34.0 Å². The molecule has 0 unspecified atom stereocenters. The molecule has 4 heteroatoms. The summed E-state index contributed by atoms with van der Waals surface area (Å²) in [5, 5.41) is 0. The van der Waals surface area contributed by atoms with Gasteiger partial charge in [0.25, 0.3) is 0 Å². The van der Waals surface area contributed by atoms with Crippen LogP contribution in [0.4, 0.5) is 0 Å². The molecule has 0 spiro atoms. The van der Waals surface area contributed by atoms with Crippen LogP contribution in [0.25, 0.3) is 28.2 Å². The Morgan fingerprint density at radius 3 is 2.48 bits per heavy atom. The van der Waals surface area contributed by atoms with Crippen LogP contribution in [-0.4, -0.2) is 16.7 Å². The van der Waals surface area contributed by atoms with E-state index in [-0.39, 0.29) is 20.1 Å². The maximum atomic E-state index is 5.24. The van der Waals surface area contributed by atoms with Gasteiger partial charge in [-0.2, -0.15) is 0 Å². The molecule has 3 aromatic carbocycles. The van der Waals surface area contributed by atoms with Crippen molar-refractivity contribution in [2.75, 3.05) is 7.11 Å². The van der Waals surface area contributed by atoms with E-state index in [4.69, 9.17) is 4.74 Å². The Morgan fingerprint density at radius 1 is 0.963 bits per heavy atom. The molecule has 0 bridgehead atoms. The van der Waals surface area contributed by atoms with E-state index in [0.29, 0.717) is 0 Å². The minimum absolute atomic E-state index is 0. The molecule has 0 aliphatic heterocycles. The van der Waals surface area contributed by atoms with Gasteiger partial charge in [0.2, 0.25) is 0 Å². The first-order valence-corrected chi connectivity index (χ1v) is 8.53. The molecule has 0 amide bonds. The summed E-state index contributed by atoms with van der Waals surface area (Å²) in [7, 11) is 1.66. The summed E-state index contributed by atoms with van der Waals surface area (Å²) in [6.45, 7) is 2.13. The summed E-state index contributed by atoms with van der Waals surface area (Å²) in [6.07, 6.45) is 3.83. The zero-order valence-electron chi connectivity index (χ0n) is 15.1. The van der Waals surface area contributed by atoms with Gasteiger partial charge >= 0.3 is 0 Å². The molecule has 0 saturated heterocycles. The number of aryl methyl sites for hydroxylation is 1. The Kier molecular flexibility index (Phi) is 5.90. The molecule has 3 nitrogen and oxygen atoms in total. The monoisotopic (exact) mass is 532 g/mol. The molecule has 1 heterocycles. The van der Waals surface area contributed by atoms with Gasteiger partial charge in [-0.1, -0.05) is 48.5 Å². The smallest absolute Gasteiger partial charge is 0.0647 e. The van der Waals surface area contributed by atoms with Gasteiger partial charge < -0.3 is 9.30 Å². The maximum Gasteiger partial charge on any atom is 0.0647 e. The van der Waals surface area contributed by atoms with Crippen LogP contribution in [0, 0.1) is 13.0 Å². The normalized spacial score (nSPS) is 10.3. The van der Waals surface area contributed by atoms with Gasteiger partial charge in [-0.05, 0) is 18.1 Å². The van der Waals surface area contributed by atoms with Crippen molar-refractivity contribution in [1.82, 2.24) is 9.55 Å². The van der Waals surface area contributed by atoms with Crippen molar-refractivity contribution in [2.45, 2.75) is 6.92 Å². The van der Waals surface area contributed by atoms with Crippen LogP contribution in [0.1, 0.15) is 5.56 Å². The van der Waals surface area contributed by atoms with Crippen LogP contribution in [0.15, 0.2) is 79.1 Å². The van der Waals surface area contributed by atoms with E-state index < -0.39 is 0 Å². The van der Waals surface area contributed by atoms with Gasteiger partial charge in [-0.3, -0.25) is 4.98 Å². The van der Waals surface area contributed by atoms with E-state index in [1.807, 2.05) is 36.7 Å². The number of hydrogen-bond donors (Lipinski definition) is 0. The van der Waals surface area contributed by atoms with Crippen molar-refractivity contribution in [3.63, 3.8) is 0 Å². The third kappa shape index (κ3) is 3.73. The molecule has 4 aromatic rings. The SMILES string of the molecule is COc1c[c-]c(-c2nccn2-c2c(C)cccc2-c2ccccc2)cc1.[Ir]. The summed E-state index contributed by atoms with van der Waals surface area (Å²) in [4.78, 5) is 4.59. The third-order valence-electron chi connectivity index (χ3n) is 4.47. The number of nitrogens with zero attached hydrogens (tertiary/aromatic N) is 2. The molecule has 0 aliphatic carbocycles. The first-order valence-electron chi connectivity index (χ1n) is 8.53. The van der Waals surface area contributed by atoms with Crippen LogP contribution in [-0.2, 0) is 20.1 Å². The molecule has 0 aliphatic rings. The fraction of sp³-hybridized carbons (Fsp3) is 0.0870. The quantitative estimate of drug-likeness (QED) is 0.334. The van der Waals surface area contributed by atoms with Crippen LogP contribution < -0.4 is 4.74 Å². The predicted octanol–water partition coefficient (Wildman–Crippen LogP) is 5.32. The van der Waals surface area contributed by atoms with Crippen molar-refractivity contribution < 1.29 is 24.8 Å². The number of imidazole rings is 1. The van der Waals surface area contributed by atoms with Crippen molar-refractivity contribution >= 4 is 0 Å². The molecule has 1 radical (unpaired) electrons. The van der Waals surface area contributed by atoms with Gasteiger partial charge in [-0.15, -0.1) is 29.8 Å². The van der Waals surface area contributed by atoms with Crippen molar-refractivity contribution in [2.24, 2.45) is 0 Å². The van der Waals surface area contributed by atoms with E-state index in [0.717, 1.165) is 22.8 Å². The molecular weight excluding hydrogens is 512 g/mol. The Morgan fingerprint density at radius 2 is 1.78 bits per heavy atom. The van der Waals surface area contributed by atoms with E-state index in [2.05, 4.69) is 65.0 Å². The summed E-state index contributed by atoms with van der Waals surface area (Å²) >= 11 is 0. The number of hydrogen-bond acceptors (Lipinski definition) is 2. The number of methoxy groups -OCH3 is 1. The van der Waals surface area contributed by atoms with E-state index in [1.165, 1.54) is 16.7 Å². The van der Waals surface area contributed by atoms with Crippen LogP contribution in [0.5, 0.6) is 5.75 Å². The number of para-hydroxylation sites is 1. The largest absolute Gasteiger partial charge is 0.540 e. The van der Waals surface area contributed by atoms with Crippen LogP contribution >= 0.6 is 0 Å². The predicted molar refractivity (Wildman–Crippen MR) is 105 cm³/mol. The Bertz CT molecular complexity index is 1020. The zero-order valence-corrected chi connectivity index (χ0v) is 17.5. The third-order valence-corrected chi connectivity index (χ3v) is 4.47. The Hall–Kier alpha value is -2.68. The average molecular weight is 532 g/mol. The van der Waals surface area contributed by atoms with Crippen LogP contribution in [0.2, 0.25) is 0 Å². The minimum atomic E-state index is 0. The first kappa shape index (κ1) is 19.1. The van der Waals surface area contributed by atoms with Gasteiger partial charge in [0, 0.05) is 49.5 Å². The van der Waals surface area contributed by atoms with Crippen LogP contribution in [0.3, 0.4) is 0 Å². The maximum absolute atomic E-state index is 5.24. The number of rotatable bonds is 4. The topological polar surface area (TPSA) is 27.1 Å². The number of aromatic nitrogens is 2. The van der Waals surface area contributed by atoms with Crippen molar-refractivity contribution in [3.05, 3.63) is 90.8 Å². The van der Waals surface area contributed by atoms with Gasteiger partial charge in [0.05, 0.1) is 12.9 Å². The zero-order chi connectivity index (χ0) is 17.9. The van der Waals surface area contributed by atoms with E-state index in [1.54, 1.807) is 7.11 Å².